The van der Waals surface area contributed by atoms with Crippen LogP contribution in [0, 0.1) is 0 Å². The Morgan fingerprint density at radius 1 is 1.32 bits per heavy atom. The van der Waals surface area contributed by atoms with E-state index in [0.29, 0.717) is 18.7 Å². The van der Waals surface area contributed by atoms with Crippen LogP contribution in [0.25, 0.3) is 0 Å². The molecule has 1 aliphatic rings. The molecule has 0 spiro atoms. The average Bonchev–Trinajstić information content (AvgIpc) is 3.04. The van der Waals surface area contributed by atoms with Crippen LogP contribution < -0.4 is 10.6 Å². The molecule has 1 heterocycles. The van der Waals surface area contributed by atoms with Crippen LogP contribution in [0.4, 0.5) is 0 Å². The first-order valence-corrected chi connectivity index (χ1v) is 8.57. The largest absolute Gasteiger partial charge is 0.357 e. The summed E-state index contributed by atoms with van der Waals surface area (Å²) >= 11 is 3.37. The molecule has 2 rings (SSSR count). The molecule has 0 aromatic heterocycles. The average molecular weight is 367 g/mol. The van der Waals surface area contributed by atoms with Crippen molar-refractivity contribution in [2.45, 2.75) is 19.8 Å². The van der Waals surface area contributed by atoms with E-state index in [1.807, 2.05) is 18.2 Å². The van der Waals surface area contributed by atoms with Crippen LogP contribution >= 0.6 is 15.9 Å². The highest BCUT2D eigenvalue weighted by molar-refractivity contribution is 9.10. The first-order chi connectivity index (χ1) is 10.7. The second-order valence-electron chi connectivity index (χ2n) is 5.20. The van der Waals surface area contributed by atoms with E-state index in [1.54, 1.807) is 6.07 Å². The molecule has 1 amide bonds. The van der Waals surface area contributed by atoms with Gasteiger partial charge in [0.2, 0.25) is 0 Å². The van der Waals surface area contributed by atoms with E-state index >= 15 is 0 Å². The molecular formula is C16H23BrN4O. The summed E-state index contributed by atoms with van der Waals surface area (Å²) in [7, 11) is 0. The second kappa shape index (κ2) is 8.78. The van der Waals surface area contributed by atoms with E-state index in [9.17, 15) is 4.79 Å². The number of benzene rings is 1. The van der Waals surface area contributed by atoms with Gasteiger partial charge in [-0.15, -0.1) is 0 Å². The van der Waals surface area contributed by atoms with Crippen LogP contribution in [0.5, 0.6) is 0 Å². The Morgan fingerprint density at radius 3 is 2.77 bits per heavy atom. The van der Waals surface area contributed by atoms with Gasteiger partial charge in [0.05, 0.1) is 6.54 Å². The monoisotopic (exact) mass is 366 g/mol. The second-order valence-corrected chi connectivity index (χ2v) is 6.11. The molecule has 0 bridgehead atoms. The fraction of sp³-hybridized carbons (Fsp3) is 0.500. The Balaban J connectivity index is 1.81. The summed E-state index contributed by atoms with van der Waals surface area (Å²) in [5.41, 5.74) is 0.657. The van der Waals surface area contributed by atoms with Crippen LogP contribution in [0.2, 0.25) is 0 Å². The van der Waals surface area contributed by atoms with Crippen molar-refractivity contribution >= 4 is 27.8 Å². The van der Waals surface area contributed by atoms with Gasteiger partial charge in [-0.05, 0) is 38.0 Å². The maximum absolute atomic E-state index is 12.0. The minimum Gasteiger partial charge on any atom is -0.357 e. The third kappa shape index (κ3) is 5.02. The van der Waals surface area contributed by atoms with E-state index in [1.165, 1.54) is 12.8 Å². The predicted molar refractivity (Wildman–Crippen MR) is 93.3 cm³/mol. The third-order valence-electron chi connectivity index (χ3n) is 3.49. The lowest BCUT2D eigenvalue weighted by atomic mass is 10.2. The summed E-state index contributed by atoms with van der Waals surface area (Å²) in [6.45, 7) is 6.18. The number of hydrogen-bond acceptors (Lipinski definition) is 2. The van der Waals surface area contributed by atoms with Gasteiger partial charge in [-0.1, -0.05) is 22.0 Å². The number of halogens is 1. The molecule has 1 saturated heterocycles. The molecule has 22 heavy (non-hydrogen) atoms. The van der Waals surface area contributed by atoms with Crippen LogP contribution in [0.3, 0.4) is 0 Å². The summed E-state index contributed by atoms with van der Waals surface area (Å²) in [5, 5.41) is 6.21. The number of likely N-dealkylation sites (tertiary alicyclic amines) is 1. The van der Waals surface area contributed by atoms with Gasteiger partial charge in [-0.2, -0.15) is 0 Å². The van der Waals surface area contributed by atoms with Gasteiger partial charge >= 0.3 is 0 Å². The Kier molecular flexibility index (Phi) is 6.71. The molecular weight excluding hydrogens is 344 g/mol. The number of aliphatic imine (C=N–C) groups is 1. The van der Waals surface area contributed by atoms with Crippen molar-refractivity contribution < 1.29 is 4.79 Å². The molecule has 120 valence electrons. The fourth-order valence-electron chi connectivity index (χ4n) is 2.42. The SMILES string of the molecule is CCNC(=NCCNC(=O)c1cccc(Br)c1)N1CCCC1. The molecule has 1 aliphatic heterocycles. The number of nitrogens with one attached hydrogen (secondary N) is 2. The summed E-state index contributed by atoms with van der Waals surface area (Å²) in [5.74, 6) is 0.888. The Morgan fingerprint density at radius 2 is 2.09 bits per heavy atom. The Bertz CT molecular complexity index is 527. The van der Waals surface area contributed by atoms with E-state index in [2.05, 4.69) is 43.4 Å². The van der Waals surface area contributed by atoms with Crippen molar-refractivity contribution in [3.8, 4) is 0 Å². The number of carbonyl (C=O) groups excluding carboxylic acids is 1. The highest BCUT2D eigenvalue weighted by atomic mass is 79.9. The van der Waals surface area contributed by atoms with Crippen molar-refractivity contribution in [3.05, 3.63) is 34.3 Å². The molecule has 1 fully saturated rings. The van der Waals surface area contributed by atoms with Gasteiger partial charge in [-0.3, -0.25) is 9.79 Å². The molecule has 6 heteroatoms. The first kappa shape index (κ1) is 16.8. The van der Waals surface area contributed by atoms with Gasteiger partial charge in [-0.25, -0.2) is 0 Å². The number of amides is 1. The highest BCUT2D eigenvalue weighted by Crippen LogP contribution is 2.11. The normalized spacial score (nSPS) is 15.0. The molecule has 0 atom stereocenters. The number of nitrogens with zero attached hydrogens (tertiary/aromatic N) is 2. The summed E-state index contributed by atoms with van der Waals surface area (Å²) < 4.78 is 0.904. The molecule has 0 unspecified atom stereocenters. The van der Waals surface area contributed by atoms with Crippen molar-refractivity contribution in [2.75, 3.05) is 32.7 Å². The van der Waals surface area contributed by atoms with Gasteiger partial charge in [0.1, 0.15) is 0 Å². The van der Waals surface area contributed by atoms with Crippen molar-refractivity contribution in [2.24, 2.45) is 4.99 Å². The molecule has 5 nitrogen and oxygen atoms in total. The van der Waals surface area contributed by atoms with E-state index in [4.69, 9.17) is 0 Å². The third-order valence-corrected chi connectivity index (χ3v) is 3.98. The standard InChI is InChI=1S/C16H23BrN4O/c1-2-18-16(21-10-3-4-11-21)20-9-8-19-15(22)13-6-5-7-14(17)12-13/h5-7,12H,2-4,8-11H2,1H3,(H,18,20)(H,19,22). The summed E-state index contributed by atoms with van der Waals surface area (Å²) in [4.78, 5) is 18.9. The van der Waals surface area contributed by atoms with Crippen LogP contribution in [-0.2, 0) is 0 Å². The Hall–Kier alpha value is -1.56. The van der Waals surface area contributed by atoms with Gasteiger partial charge < -0.3 is 15.5 Å². The number of hydrogen-bond donors (Lipinski definition) is 2. The molecule has 0 radical (unpaired) electrons. The maximum Gasteiger partial charge on any atom is 0.251 e. The first-order valence-electron chi connectivity index (χ1n) is 7.77. The lowest BCUT2D eigenvalue weighted by Crippen LogP contribution is -2.40. The number of rotatable bonds is 5. The zero-order chi connectivity index (χ0) is 15.8. The van der Waals surface area contributed by atoms with Crippen molar-refractivity contribution in [1.29, 1.82) is 0 Å². The number of carbonyl (C=O) groups is 1. The Labute approximate surface area is 140 Å². The van der Waals surface area contributed by atoms with E-state index in [0.717, 1.165) is 30.1 Å². The van der Waals surface area contributed by atoms with Gasteiger partial charge in [0.15, 0.2) is 5.96 Å². The quantitative estimate of drug-likeness (QED) is 0.477. The minimum atomic E-state index is -0.0670. The van der Waals surface area contributed by atoms with Gasteiger partial charge in [0.25, 0.3) is 5.91 Å². The molecule has 2 N–H and O–H groups in total. The molecule has 0 saturated carbocycles. The van der Waals surface area contributed by atoms with Crippen molar-refractivity contribution in [3.63, 3.8) is 0 Å². The van der Waals surface area contributed by atoms with Gasteiger partial charge in [0, 0.05) is 36.2 Å². The maximum atomic E-state index is 12.0. The van der Waals surface area contributed by atoms with E-state index in [-0.39, 0.29) is 5.91 Å². The molecule has 1 aromatic carbocycles. The zero-order valence-corrected chi connectivity index (χ0v) is 14.5. The zero-order valence-electron chi connectivity index (χ0n) is 12.9. The summed E-state index contributed by atoms with van der Waals surface area (Å²) in [6.07, 6.45) is 2.45. The minimum absolute atomic E-state index is 0.0670. The topological polar surface area (TPSA) is 56.7 Å². The summed E-state index contributed by atoms with van der Waals surface area (Å²) in [6, 6.07) is 7.37. The van der Waals surface area contributed by atoms with E-state index < -0.39 is 0 Å². The predicted octanol–water partition coefficient (Wildman–Crippen LogP) is 2.24. The van der Waals surface area contributed by atoms with Crippen LogP contribution in [0.1, 0.15) is 30.1 Å². The number of guanidine groups is 1. The fourth-order valence-corrected chi connectivity index (χ4v) is 2.82. The highest BCUT2D eigenvalue weighted by Gasteiger charge is 2.15. The van der Waals surface area contributed by atoms with Crippen LogP contribution in [0.15, 0.2) is 33.7 Å². The van der Waals surface area contributed by atoms with Crippen molar-refractivity contribution in [1.82, 2.24) is 15.5 Å². The van der Waals surface area contributed by atoms with Crippen LogP contribution in [-0.4, -0.2) is 49.5 Å². The smallest absolute Gasteiger partial charge is 0.251 e. The lowest BCUT2D eigenvalue weighted by Gasteiger charge is -2.20. The lowest BCUT2D eigenvalue weighted by molar-refractivity contribution is 0.0954. The molecule has 1 aromatic rings. The molecule has 0 aliphatic carbocycles.